The van der Waals surface area contributed by atoms with Gasteiger partial charge in [0.05, 0.1) is 11.4 Å². The molecule has 0 aromatic heterocycles. The van der Waals surface area contributed by atoms with Gasteiger partial charge in [-0.15, -0.1) is 0 Å². The van der Waals surface area contributed by atoms with E-state index in [4.69, 9.17) is 0 Å². The van der Waals surface area contributed by atoms with Crippen LogP contribution >= 0.6 is 0 Å². The summed E-state index contributed by atoms with van der Waals surface area (Å²) in [5, 5.41) is 5.80. The molecule has 0 atom stereocenters. The largest absolute Gasteiger partial charge is 0.376 e. The van der Waals surface area contributed by atoms with Crippen LogP contribution in [-0.4, -0.2) is 38.3 Å². The van der Waals surface area contributed by atoms with Gasteiger partial charge in [-0.1, -0.05) is 37.6 Å². The van der Waals surface area contributed by atoms with Crippen molar-refractivity contribution in [2.75, 3.05) is 30.3 Å². The molecule has 0 unspecified atom stereocenters. The lowest BCUT2D eigenvalue weighted by molar-refractivity contribution is -0.114. The maximum absolute atomic E-state index is 12.8. The molecule has 146 valence electrons. The molecule has 0 saturated heterocycles. The Kier molecular flexibility index (Phi) is 6.98. The molecule has 2 aromatic rings. The molecule has 0 bridgehead atoms. The Labute approximate surface area is 161 Å². The molecule has 6 nitrogen and oxygen atoms in total. The first-order valence-corrected chi connectivity index (χ1v) is 10.4. The number of hydrogen-bond donors (Lipinski definition) is 2. The average Bonchev–Trinajstić information content (AvgIpc) is 2.63. The van der Waals surface area contributed by atoms with Crippen LogP contribution in [0.1, 0.15) is 25.0 Å². The van der Waals surface area contributed by atoms with E-state index in [0.29, 0.717) is 24.3 Å². The van der Waals surface area contributed by atoms with Crippen molar-refractivity contribution in [2.24, 2.45) is 0 Å². The Balaban J connectivity index is 2.11. The molecule has 0 aliphatic rings. The lowest BCUT2D eigenvalue weighted by atomic mass is 10.2. The molecule has 0 aliphatic carbocycles. The summed E-state index contributed by atoms with van der Waals surface area (Å²) in [6.07, 6.45) is 0. The first kappa shape index (κ1) is 20.9. The summed E-state index contributed by atoms with van der Waals surface area (Å²) in [7, 11) is -3.58. The SMILES string of the molecule is CCN(CC)S(=O)(=O)c1cc(NC(=O)CNc2ccc(C)cc2)ccc1C. The summed E-state index contributed by atoms with van der Waals surface area (Å²) in [6.45, 7) is 8.25. The van der Waals surface area contributed by atoms with E-state index in [2.05, 4.69) is 10.6 Å². The summed E-state index contributed by atoms with van der Waals surface area (Å²) in [4.78, 5) is 12.4. The predicted octanol–water partition coefficient (Wildman–Crippen LogP) is 3.38. The normalized spacial score (nSPS) is 11.4. The molecule has 27 heavy (non-hydrogen) atoms. The topological polar surface area (TPSA) is 78.5 Å². The smallest absolute Gasteiger partial charge is 0.243 e. The highest BCUT2D eigenvalue weighted by Crippen LogP contribution is 2.23. The van der Waals surface area contributed by atoms with Crippen molar-refractivity contribution < 1.29 is 13.2 Å². The van der Waals surface area contributed by atoms with Crippen molar-refractivity contribution in [1.82, 2.24) is 4.31 Å². The van der Waals surface area contributed by atoms with Crippen molar-refractivity contribution in [3.63, 3.8) is 0 Å². The van der Waals surface area contributed by atoms with E-state index in [0.717, 1.165) is 11.3 Å². The number of nitrogens with zero attached hydrogens (tertiary/aromatic N) is 1. The van der Waals surface area contributed by atoms with E-state index < -0.39 is 10.0 Å². The molecule has 0 fully saturated rings. The fourth-order valence-electron chi connectivity index (χ4n) is 2.72. The fraction of sp³-hybridized carbons (Fsp3) is 0.350. The molecule has 7 heteroatoms. The van der Waals surface area contributed by atoms with Gasteiger partial charge in [0, 0.05) is 24.5 Å². The van der Waals surface area contributed by atoms with Crippen LogP contribution in [0, 0.1) is 13.8 Å². The number of rotatable bonds is 8. The number of nitrogens with one attached hydrogen (secondary N) is 2. The molecular weight excluding hydrogens is 362 g/mol. The first-order valence-electron chi connectivity index (χ1n) is 8.99. The van der Waals surface area contributed by atoms with Gasteiger partial charge in [0.15, 0.2) is 0 Å². The molecule has 0 radical (unpaired) electrons. The van der Waals surface area contributed by atoms with Crippen molar-refractivity contribution in [2.45, 2.75) is 32.6 Å². The highest BCUT2D eigenvalue weighted by Gasteiger charge is 2.24. The maximum Gasteiger partial charge on any atom is 0.243 e. The number of carbonyl (C=O) groups is 1. The van der Waals surface area contributed by atoms with E-state index in [1.807, 2.05) is 31.2 Å². The van der Waals surface area contributed by atoms with Crippen molar-refractivity contribution in [3.8, 4) is 0 Å². The third-order valence-corrected chi connectivity index (χ3v) is 6.49. The van der Waals surface area contributed by atoms with E-state index in [9.17, 15) is 13.2 Å². The van der Waals surface area contributed by atoms with Gasteiger partial charge >= 0.3 is 0 Å². The lowest BCUT2D eigenvalue weighted by Crippen LogP contribution is -2.31. The summed E-state index contributed by atoms with van der Waals surface area (Å²) in [6, 6.07) is 12.7. The molecule has 2 rings (SSSR count). The number of sulfonamides is 1. The van der Waals surface area contributed by atoms with Gasteiger partial charge in [0.1, 0.15) is 0 Å². The van der Waals surface area contributed by atoms with Gasteiger partial charge in [0.25, 0.3) is 0 Å². The van der Waals surface area contributed by atoms with Gasteiger partial charge in [-0.2, -0.15) is 4.31 Å². The zero-order valence-electron chi connectivity index (χ0n) is 16.2. The third-order valence-electron chi connectivity index (χ3n) is 4.30. The van der Waals surface area contributed by atoms with Crippen LogP contribution in [0.25, 0.3) is 0 Å². The Morgan fingerprint density at radius 1 is 0.963 bits per heavy atom. The van der Waals surface area contributed by atoms with E-state index in [1.54, 1.807) is 32.9 Å². The minimum absolute atomic E-state index is 0.0923. The quantitative estimate of drug-likeness (QED) is 0.725. The molecule has 1 amide bonds. The molecule has 0 aliphatic heterocycles. The van der Waals surface area contributed by atoms with Gasteiger partial charge < -0.3 is 10.6 Å². The van der Waals surface area contributed by atoms with E-state index in [-0.39, 0.29) is 17.3 Å². The molecule has 2 N–H and O–H groups in total. The second kappa shape index (κ2) is 9.01. The molecule has 2 aromatic carbocycles. The Bertz CT molecular complexity index is 889. The van der Waals surface area contributed by atoms with Crippen LogP contribution in [0.15, 0.2) is 47.4 Å². The van der Waals surface area contributed by atoms with E-state index in [1.165, 1.54) is 10.4 Å². The highest BCUT2D eigenvalue weighted by atomic mass is 32.2. The minimum Gasteiger partial charge on any atom is -0.376 e. The number of amides is 1. The van der Waals surface area contributed by atoms with Crippen LogP contribution in [0.4, 0.5) is 11.4 Å². The number of benzene rings is 2. The van der Waals surface area contributed by atoms with Gasteiger partial charge in [-0.05, 0) is 43.7 Å². The Hall–Kier alpha value is -2.38. The van der Waals surface area contributed by atoms with Crippen LogP contribution in [0.2, 0.25) is 0 Å². The summed E-state index contributed by atoms with van der Waals surface area (Å²) >= 11 is 0. The van der Waals surface area contributed by atoms with Crippen LogP contribution < -0.4 is 10.6 Å². The number of carbonyl (C=O) groups excluding carboxylic acids is 1. The summed E-state index contributed by atoms with van der Waals surface area (Å²) in [5.41, 5.74) is 3.11. The van der Waals surface area contributed by atoms with Crippen molar-refractivity contribution in [3.05, 3.63) is 53.6 Å². The number of aryl methyl sites for hydroxylation is 2. The monoisotopic (exact) mass is 389 g/mol. The van der Waals surface area contributed by atoms with Crippen LogP contribution in [-0.2, 0) is 14.8 Å². The Morgan fingerprint density at radius 3 is 2.15 bits per heavy atom. The third kappa shape index (κ3) is 5.30. The van der Waals surface area contributed by atoms with Crippen molar-refractivity contribution >= 4 is 27.3 Å². The summed E-state index contributed by atoms with van der Waals surface area (Å²) in [5.74, 6) is -0.245. The molecule has 0 saturated carbocycles. The number of anilines is 2. The van der Waals surface area contributed by atoms with Crippen LogP contribution in [0.3, 0.4) is 0 Å². The van der Waals surface area contributed by atoms with Gasteiger partial charge in [-0.25, -0.2) is 8.42 Å². The van der Waals surface area contributed by atoms with Gasteiger partial charge in [-0.3, -0.25) is 4.79 Å². The van der Waals surface area contributed by atoms with Gasteiger partial charge in [0.2, 0.25) is 15.9 Å². The average molecular weight is 390 g/mol. The van der Waals surface area contributed by atoms with Crippen LogP contribution in [0.5, 0.6) is 0 Å². The lowest BCUT2D eigenvalue weighted by Gasteiger charge is -2.20. The van der Waals surface area contributed by atoms with E-state index >= 15 is 0 Å². The highest BCUT2D eigenvalue weighted by molar-refractivity contribution is 7.89. The molecule has 0 spiro atoms. The first-order chi connectivity index (χ1) is 12.8. The maximum atomic E-state index is 12.8. The minimum atomic E-state index is -3.58. The summed E-state index contributed by atoms with van der Waals surface area (Å²) < 4.78 is 27.0. The number of hydrogen-bond acceptors (Lipinski definition) is 4. The van der Waals surface area contributed by atoms with Crippen molar-refractivity contribution in [1.29, 1.82) is 0 Å². The molecular formula is C20H27N3O3S. The zero-order valence-corrected chi connectivity index (χ0v) is 17.1. The predicted molar refractivity (Wildman–Crippen MR) is 110 cm³/mol. The standard InChI is InChI=1S/C20H27N3O3S/c1-5-23(6-2)27(25,26)19-13-18(12-9-16(19)4)22-20(24)14-21-17-10-7-15(3)8-11-17/h7-13,21H,5-6,14H2,1-4H3,(H,22,24). The fourth-order valence-corrected chi connectivity index (χ4v) is 4.43. The second-order valence-electron chi connectivity index (χ2n) is 6.34. The molecule has 0 heterocycles. The Morgan fingerprint density at radius 2 is 1.56 bits per heavy atom. The zero-order chi connectivity index (χ0) is 20.0. The second-order valence-corrected chi connectivity index (χ2v) is 8.24.